The van der Waals surface area contributed by atoms with E-state index in [0.29, 0.717) is 0 Å². The number of fused-ring (bicyclic) bond motifs is 2. The van der Waals surface area contributed by atoms with Gasteiger partial charge in [0.25, 0.3) is 0 Å². The first-order chi connectivity index (χ1) is 12.9. The van der Waals surface area contributed by atoms with E-state index >= 15 is 0 Å². The number of hydrogen-bond acceptors (Lipinski definition) is 4. The predicted octanol–water partition coefficient (Wildman–Crippen LogP) is 4.52. The highest BCUT2D eigenvalue weighted by molar-refractivity contribution is 5.92. The van der Waals surface area contributed by atoms with Crippen LogP contribution in [0.25, 0.3) is 34.2 Å². The monoisotopic (exact) mass is 341 g/mol. The molecule has 0 spiro atoms. The maximum absolute atomic E-state index is 5.42. The second kappa shape index (κ2) is 6.04. The minimum atomic E-state index is 0.284. The van der Waals surface area contributed by atoms with E-state index in [9.17, 15) is 0 Å². The van der Waals surface area contributed by atoms with Crippen molar-refractivity contribution in [2.45, 2.75) is 0 Å². The largest absolute Gasteiger partial charge is 0.454 e. The Kier molecular flexibility index (Phi) is 3.42. The van der Waals surface area contributed by atoms with Gasteiger partial charge in [0.2, 0.25) is 6.79 Å². The number of aromatic nitrogens is 3. The van der Waals surface area contributed by atoms with E-state index in [2.05, 4.69) is 33.4 Å². The molecule has 1 N–H and O–H groups in total. The Morgan fingerprint density at radius 3 is 2.65 bits per heavy atom. The lowest BCUT2D eigenvalue weighted by Crippen LogP contribution is -1.92. The van der Waals surface area contributed by atoms with E-state index in [-0.39, 0.29) is 6.79 Å². The fourth-order valence-electron chi connectivity index (χ4n) is 3.08. The van der Waals surface area contributed by atoms with Gasteiger partial charge in [0.05, 0.1) is 11.2 Å². The summed E-state index contributed by atoms with van der Waals surface area (Å²) in [4.78, 5) is 4.07. The Balaban J connectivity index is 1.46. The molecule has 0 aliphatic carbocycles. The van der Waals surface area contributed by atoms with Crippen LogP contribution in [-0.2, 0) is 0 Å². The SMILES string of the molecule is C(=Cc1n[nH]c2cc(-c3ccncc3)ccc12)c1ccc2c(c1)OCO2. The second-order valence-corrected chi connectivity index (χ2v) is 6.05. The highest BCUT2D eigenvalue weighted by atomic mass is 16.7. The van der Waals surface area contributed by atoms with Crippen LogP contribution in [0.3, 0.4) is 0 Å². The summed E-state index contributed by atoms with van der Waals surface area (Å²) in [5.41, 5.74) is 5.21. The summed E-state index contributed by atoms with van der Waals surface area (Å²) in [6.45, 7) is 0.284. The predicted molar refractivity (Wildman–Crippen MR) is 101 cm³/mol. The van der Waals surface area contributed by atoms with Gasteiger partial charge in [0.15, 0.2) is 11.5 Å². The Labute approximate surface area is 149 Å². The first-order valence-corrected chi connectivity index (χ1v) is 8.33. The normalized spacial score (nSPS) is 12.9. The zero-order valence-electron chi connectivity index (χ0n) is 13.8. The number of hydrogen-bond donors (Lipinski definition) is 1. The molecule has 26 heavy (non-hydrogen) atoms. The highest BCUT2D eigenvalue weighted by Crippen LogP contribution is 2.33. The molecule has 1 aliphatic rings. The van der Waals surface area contributed by atoms with Crippen LogP contribution >= 0.6 is 0 Å². The number of pyridine rings is 1. The standard InChI is InChI=1S/C21H15N3O2/c1(14-2-6-20-21(11-14)26-13-25-20)5-18-17-4-3-16(12-19(17)24-23-18)15-7-9-22-10-8-15/h1-12H,13H2,(H,23,24). The van der Waals surface area contributed by atoms with Crippen molar-refractivity contribution < 1.29 is 9.47 Å². The summed E-state index contributed by atoms with van der Waals surface area (Å²) in [6, 6.07) is 16.2. The number of nitrogens with zero attached hydrogens (tertiary/aromatic N) is 2. The molecule has 3 heterocycles. The topological polar surface area (TPSA) is 60.0 Å². The molecule has 0 atom stereocenters. The lowest BCUT2D eigenvalue weighted by molar-refractivity contribution is 0.174. The molecule has 2 aromatic heterocycles. The van der Waals surface area contributed by atoms with Gasteiger partial charge in [-0.25, -0.2) is 0 Å². The zero-order valence-corrected chi connectivity index (χ0v) is 13.8. The van der Waals surface area contributed by atoms with Crippen LogP contribution in [-0.4, -0.2) is 22.0 Å². The van der Waals surface area contributed by atoms with E-state index in [1.807, 2.05) is 42.5 Å². The Morgan fingerprint density at radius 1 is 0.846 bits per heavy atom. The Hall–Kier alpha value is -3.60. The van der Waals surface area contributed by atoms with Gasteiger partial charge in [-0.2, -0.15) is 5.10 Å². The summed E-state index contributed by atoms with van der Waals surface area (Å²) in [5.74, 6) is 1.57. The summed E-state index contributed by atoms with van der Waals surface area (Å²) >= 11 is 0. The van der Waals surface area contributed by atoms with Gasteiger partial charge in [0.1, 0.15) is 0 Å². The van der Waals surface area contributed by atoms with E-state index < -0.39 is 0 Å². The number of aromatic amines is 1. The van der Waals surface area contributed by atoms with Crippen LogP contribution in [0.1, 0.15) is 11.3 Å². The first-order valence-electron chi connectivity index (χ1n) is 8.33. The summed E-state index contributed by atoms with van der Waals surface area (Å²) in [7, 11) is 0. The van der Waals surface area contributed by atoms with Gasteiger partial charge in [-0.05, 0) is 59.2 Å². The molecule has 5 nitrogen and oxygen atoms in total. The summed E-state index contributed by atoms with van der Waals surface area (Å²) < 4.78 is 10.8. The van der Waals surface area contributed by atoms with Crippen LogP contribution in [0.15, 0.2) is 60.9 Å². The molecule has 0 amide bonds. The molecule has 1 aliphatic heterocycles. The summed E-state index contributed by atoms with van der Waals surface area (Å²) in [6.07, 6.45) is 7.62. The van der Waals surface area contributed by atoms with Gasteiger partial charge in [0, 0.05) is 17.8 Å². The molecule has 0 saturated carbocycles. The zero-order chi connectivity index (χ0) is 17.3. The number of ether oxygens (including phenoxy) is 2. The van der Waals surface area contributed by atoms with Gasteiger partial charge >= 0.3 is 0 Å². The summed E-state index contributed by atoms with van der Waals surface area (Å²) in [5, 5.41) is 8.64. The minimum Gasteiger partial charge on any atom is -0.454 e. The van der Waals surface area contributed by atoms with Crippen molar-refractivity contribution in [1.29, 1.82) is 0 Å². The van der Waals surface area contributed by atoms with Crippen LogP contribution in [0, 0.1) is 0 Å². The van der Waals surface area contributed by atoms with Gasteiger partial charge in [-0.15, -0.1) is 0 Å². The quantitative estimate of drug-likeness (QED) is 0.595. The van der Waals surface area contributed by atoms with Crippen molar-refractivity contribution in [2.24, 2.45) is 0 Å². The van der Waals surface area contributed by atoms with Crippen molar-refractivity contribution in [3.05, 3.63) is 72.2 Å². The maximum atomic E-state index is 5.42. The van der Waals surface area contributed by atoms with Gasteiger partial charge in [-0.1, -0.05) is 18.2 Å². The first kappa shape index (κ1) is 14.7. The lowest BCUT2D eigenvalue weighted by Gasteiger charge is -2.01. The van der Waals surface area contributed by atoms with Crippen molar-refractivity contribution >= 4 is 23.1 Å². The molecule has 126 valence electrons. The van der Waals surface area contributed by atoms with Crippen LogP contribution in [0.5, 0.6) is 11.5 Å². The highest BCUT2D eigenvalue weighted by Gasteiger charge is 2.12. The van der Waals surface area contributed by atoms with E-state index in [4.69, 9.17) is 9.47 Å². The molecular weight excluding hydrogens is 326 g/mol. The van der Waals surface area contributed by atoms with E-state index in [1.54, 1.807) is 12.4 Å². The van der Waals surface area contributed by atoms with Crippen molar-refractivity contribution in [3.63, 3.8) is 0 Å². The minimum absolute atomic E-state index is 0.284. The molecule has 4 aromatic rings. The number of H-pyrrole nitrogens is 1. The lowest BCUT2D eigenvalue weighted by atomic mass is 10.0. The van der Waals surface area contributed by atoms with E-state index in [1.165, 1.54) is 0 Å². The third-order valence-corrected chi connectivity index (χ3v) is 4.44. The van der Waals surface area contributed by atoms with E-state index in [0.717, 1.165) is 44.8 Å². The molecule has 0 fully saturated rings. The van der Waals surface area contributed by atoms with Crippen molar-refractivity contribution in [1.82, 2.24) is 15.2 Å². The molecule has 0 saturated heterocycles. The fourth-order valence-corrected chi connectivity index (χ4v) is 3.08. The number of nitrogens with one attached hydrogen (secondary N) is 1. The van der Waals surface area contributed by atoms with Crippen LogP contribution < -0.4 is 9.47 Å². The van der Waals surface area contributed by atoms with Gasteiger partial charge < -0.3 is 9.47 Å². The van der Waals surface area contributed by atoms with Crippen LogP contribution in [0.2, 0.25) is 0 Å². The third kappa shape index (κ3) is 2.59. The molecule has 2 aromatic carbocycles. The van der Waals surface area contributed by atoms with Crippen molar-refractivity contribution in [3.8, 4) is 22.6 Å². The number of rotatable bonds is 3. The molecule has 5 rings (SSSR count). The second-order valence-electron chi connectivity index (χ2n) is 6.05. The average Bonchev–Trinajstić information content (AvgIpc) is 3.33. The molecule has 0 unspecified atom stereocenters. The molecular formula is C21H15N3O2. The third-order valence-electron chi connectivity index (χ3n) is 4.44. The van der Waals surface area contributed by atoms with Crippen LogP contribution in [0.4, 0.5) is 0 Å². The fraction of sp³-hybridized carbons (Fsp3) is 0.0476. The molecule has 0 radical (unpaired) electrons. The van der Waals surface area contributed by atoms with Gasteiger partial charge in [-0.3, -0.25) is 10.1 Å². The number of benzene rings is 2. The Bertz CT molecular complexity index is 1120. The van der Waals surface area contributed by atoms with Crippen molar-refractivity contribution in [2.75, 3.05) is 6.79 Å². The Morgan fingerprint density at radius 2 is 1.73 bits per heavy atom. The molecule has 0 bridgehead atoms. The molecule has 5 heteroatoms. The average molecular weight is 341 g/mol. The smallest absolute Gasteiger partial charge is 0.231 e. The maximum Gasteiger partial charge on any atom is 0.231 e.